The molecule has 2 rings (SSSR count). The van der Waals surface area contributed by atoms with Crippen LogP contribution in [-0.4, -0.2) is 16.0 Å². The molecule has 16 heavy (non-hydrogen) atoms. The normalized spacial score (nSPS) is 24.1. The molecule has 1 aromatic rings. The minimum atomic E-state index is 0.304. The highest BCUT2D eigenvalue weighted by molar-refractivity contribution is 6.28. The molecular weight excluding hydrogens is 222 g/mol. The summed E-state index contributed by atoms with van der Waals surface area (Å²) in [7, 11) is 0. The topological polar surface area (TPSA) is 37.8 Å². The molecule has 88 valence electrons. The molecule has 3 nitrogen and oxygen atoms in total. The van der Waals surface area contributed by atoms with Gasteiger partial charge in [-0.3, -0.25) is 0 Å². The molecular formula is C12H18ClN3. The third-order valence-corrected chi connectivity index (χ3v) is 3.64. The highest BCUT2D eigenvalue weighted by Gasteiger charge is 2.32. The van der Waals surface area contributed by atoms with Crippen molar-refractivity contribution >= 4 is 17.4 Å². The van der Waals surface area contributed by atoms with Gasteiger partial charge in [-0.1, -0.05) is 26.7 Å². The zero-order valence-corrected chi connectivity index (χ0v) is 10.6. The van der Waals surface area contributed by atoms with Crippen LogP contribution in [0.1, 0.15) is 39.5 Å². The summed E-state index contributed by atoms with van der Waals surface area (Å²) in [6, 6.07) is 2.35. The zero-order valence-electron chi connectivity index (χ0n) is 9.83. The first-order valence-corrected chi connectivity index (χ1v) is 6.21. The Balaban J connectivity index is 2.08. The fourth-order valence-electron chi connectivity index (χ4n) is 2.36. The smallest absolute Gasteiger partial charge is 0.224 e. The molecule has 0 bridgehead atoms. The number of aromatic nitrogens is 2. The van der Waals surface area contributed by atoms with E-state index >= 15 is 0 Å². The van der Waals surface area contributed by atoms with Crippen LogP contribution in [0.15, 0.2) is 12.3 Å². The van der Waals surface area contributed by atoms with E-state index in [-0.39, 0.29) is 0 Å². The maximum atomic E-state index is 5.77. The second kappa shape index (κ2) is 4.58. The first-order chi connectivity index (χ1) is 7.58. The molecule has 0 amide bonds. The van der Waals surface area contributed by atoms with Gasteiger partial charge in [0.05, 0.1) is 0 Å². The highest BCUT2D eigenvalue weighted by Crippen LogP contribution is 2.36. The van der Waals surface area contributed by atoms with Crippen LogP contribution in [0.25, 0.3) is 0 Å². The first-order valence-electron chi connectivity index (χ1n) is 5.83. The van der Waals surface area contributed by atoms with E-state index in [1.165, 1.54) is 25.7 Å². The van der Waals surface area contributed by atoms with Gasteiger partial charge in [0.1, 0.15) is 5.82 Å². The van der Waals surface area contributed by atoms with Crippen LogP contribution in [0, 0.1) is 5.41 Å². The molecule has 1 N–H and O–H groups in total. The van der Waals surface area contributed by atoms with Crippen molar-refractivity contribution < 1.29 is 0 Å². The zero-order chi connectivity index (χ0) is 11.6. The van der Waals surface area contributed by atoms with Gasteiger partial charge < -0.3 is 5.32 Å². The van der Waals surface area contributed by atoms with E-state index in [0.29, 0.717) is 16.7 Å². The number of hydrogen-bond acceptors (Lipinski definition) is 3. The molecule has 1 atom stereocenters. The Morgan fingerprint density at radius 1 is 1.44 bits per heavy atom. The Labute approximate surface area is 102 Å². The summed E-state index contributed by atoms with van der Waals surface area (Å²) in [6.07, 6.45) is 6.78. The number of halogens is 1. The van der Waals surface area contributed by atoms with Crippen molar-refractivity contribution in [1.29, 1.82) is 0 Å². The van der Waals surface area contributed by atoms with Crippen molar-refractivity contribution in [3.63, 3.8) is 0 Å². The van der Waals surface area contributed by atoms with Crippen molar-refractivity contribution in [3.8, 4) is 0 Å². The van der Waals surface area contributed by atoms with Gasteiger partial charge in [0.2, 0.25) is 5.28 Å². The third-order valence-electron chi connectivity index (χ3n) is 3.46. The molecule has 1 fully saturated rings. The summed E-state index contributed by atoms with van der Waals surface area (Å²) >= 11 is 5.77. The Kier molecular flexibility index (Phi) is 3.33. The van der Waals surface area contributed by atoms with Crippen LogP contribution >= 0.6 is 11.6 Å². The van der Waals surface area contributed by atoms with Gasteiger partial charge in [-0.25, -0.2) is 9.97 Å². The largest absolute Gasteiger partial charge is 0.367 e. The Morgan fingerprint density at radius 3 is 2.94 bits per heavy atom. The van der Waals surface area contributed by atoms with Gasteiger partial charge in [0.25, 0.3) is 0 Å². The van der Waals surface area contributed by atoms with E-state index < -0.39 is 0 Å². The fraction of sp³-hybridized carbons (Fsp3) is 0.667. The second-order valence-corrected chi connectivity index (χ2v) is 5.48. The summed E-state index contributed by atoms with van der Waals surface area (Å²) in [5.74, 6) is 0.833. The van der Waals surface area contributed by atoms with E-state index in [1.54, 1.807) is 6.20 Å². The van der Waals surface area contributed by atoms with Crippen LogP contribution in [0.5, 0.6) is 0 Å². The molecule has 0 saturated heterocycles. The van der Waals surface area contributed by atoms with Crippen molar-refractivity contribution in [1.82, 2.24) is 9.97 Å². The van der Waals surface area contributed by atoms with E-state index in [0.717, 1.165) is 5.82 Å². The first kappa shape index (κ1) is 11.6. The summed E-state index contributed by atoms with van der Waals surface area (Å²) in [6.45, 7) is 4.62. The van der Waals surface area contributed by atoms with Crippen molar-refractivity contribution in [2.45, 2.75) is 45.6 Å². The van der Waals surface area contributed by atoms with Crippen LogP contribution in [-0.2, 0) is 0 Å². The van der Waals surface area contributed by atoms with Crippen LogP contribution in [0.2, 0.25) is 5.28 Å². The molecule has 0 aliphatic heterocycles. The van der Waals surface area contributed by atoms with Gasteiger partial charge in [-0.15, -0.1) is 0 Å². The monoisotopic (exact) mass is 239 g/mol. The molecule has 1 heterocycles. The highest BCUT2D eigenvalue weighted by atomic mass is 35.5. The average molecular weight is 240 g/mol. The van der Waals surface area contributed by atoms with Crippen molar-refractivity contribution in [2.75, 3.05) is 5.32 Å². The lowest BCUT2D eigenvalue weighted by Gasteiger charge is -2.39. The number of rotatable bonds is 2. The molecule has 1 aliphatic carbocycles. The Morgan fingerprint density at radius 2 is 2.25 bits per heavy atom. The number of hydrogen-bond donors (Lipinski definition) is 1. The molecule has 0 radical (unpaired) electrons. The number of nitrogens with zero attached hydrogens (tertiary/aromatic N) is 2. The average Bonchev–Trinajstić information content (AvgIpc) is 2.21. The summed E-state index contributed by atoms with van der Waals surface area (Å²) in [4.78, 5) is 8.06. The second-order valence-electron chi connectivity index (χ2n) is 5.14. The lowest BCUT2D eigenvalue weighted by molar-refractivity contribution is 0.216. The van der Waals surface area contributed by atoms with Crippen molar-refractivity contribution in [3.05, 3.63) is 17.5 Å². The van der Waals surface area contributed by atoms with E-state index in [1.807, 2.05) is 6.07 Å². The fourth-order valence-corrected chi connectivity index (χ4v) is 2.50. The van der Waals surface area contributed by atoms with E-state index in [9.17, 15) is 0 Å². The molecule has 4 heteroatoms. The van der Waals surface area contributed by atoms with Crippen LogP contribution in [0.3, 0.4) is 0 Å². The number of anilines is 1. The minimum absolute atomic E-state index is 0.304. The molecule has 0 spiro atoms. The van der Waals surface area contributed by atoms with Crippen LogP contribution in [0.4, 0.5) is 5.82 Å². The maximum absolute atomic E-state index is 5.77. The van der Waals surface area contributed by atoms with Crippen molar-refractivity contribution in [2.24, 2.45) is 5.41 Å². The van der Waals surface area contributed by atoms with Gasteiger partial charge >= 0.3 is 0 Å². The molecule has 1 aromatic heterocycles. The lowest BCUT2D eigenvalue weighted by Crippen LogP contribution is -2.39. The van der Waals surface area contributed by atoms with E-state index in [4.69, 9.17) is 11.6 Å². The molecule has 1 saturated carbocycles. The van der Waals surface area contributed by atoms with E-state index in [2.05, 4.69) is 29.1 Å². The molecule has 1 aliphatic rings. The summed E-state index contributed by atoms with van der Waals surface area (Å²) in [5, 5.41) is 3.78. The summed E-state index contributed by atoms with van der Waals surface area (Å²) < 4.78 is 0. The van der Waals surface area contributed by atoms with Gasteiger partial charge in [-0.2, -0.15) is 0 Å². The minimum Gasteiger partial charge on any atom is -0.367 e. The Bertz CT molecular complexity index is 365. The standard InChI is InChI=1S/C12H18ClN3/c1-12(2)7-4-3-5-9(12)15-10-6-8-14-11(13)16-10/h6,8-9H,3-5,7H2,1-2H3,(H,14,15,16). The predicted octanol–water partition coefficient (Wildman–Crippen LogP) is 3.51. The number of nitrogens with one attached hydrogen (secondary N) is 1. The maximum Gasteiger partial charge on any atom is 0.224 e. The van der Waals surface area contributed by atoms with Crippen LogP contribution < -0.4 is 5.32 Å². The predicted molar refractivity (Wildman–Crippen MR) is 66.7 cm³/mol. The molecule has 1 unspecified atom stereocenters. The lowest BCUT2D eigenvalue weighted by atomic mass is 9.73. The quantitative estimate of drug-likeness (QED) is 0.803. The Hall–Kier alpha value is -0.830. The van der Waals surface area contributed by atoms with Gasteiger partial charge in [-0.05, 0) is 35.9 Å². The molecule has 0 aromatic carbocycles. The SMILES string of the molecule is CC1(C)CCCCC1Nc1ccnc(Cl)n1. The summed E-state index contributed by atoms with van der Waals surface area (Å²) in [5.41, 5.74) is 0.329. The third kappa shape index (κ3) is 2.64. The van der Waals surface area contributed by atoms with Gasteiger partial charge in [0.15, 0.2) is 0 Å². The van der Waals surface area contributed by atoms with Gasteiger partial charge in [0, 0.05) is 12.2 Å².